The minimum absolute atomic E-state index is 0.789. The topological polar surface area (TPSA) is 18.5 Å². The van der Waals surface area contributed by atoms with Gasteiger partial charge in [-0.25, -0.2) is 0 Å². The zero-order valence-electron chi connectivity index (χ0n) is 13.1. The van der Waals surface area contributed by atoms with Crippen molar-refractivity contribution in [3.63, 3.8) is 0 Å². The van der Waals surface area contributed by atoms with Gasteiger partial charge >= 0.3 is 0 Å². The van der Waals surface area contributed by atoms with Gasteiger partial charge < -0.3 is 5.32 Å². The van der Waals surface area contributed by atoms with Crippen molar-refractivity contribution < 1.29 is 0 Å². The van der Waals surface area contributed by atoms with Crippen molar-refractivity contribution in [3.05, 3.63) is 29.3 Å². The summed E-state index contributed by atoms with van der Waals surface area (Å²) < 4.78 is 0. The van der Waals surface area contributed by atoms with Gasteiger partial charge in [0.2, 0.25) is 0 Å². The lowest BCUT2D eigenvalue weighted by molar-refractivity contribution is 0.214. The van der Waals surface area contributed by atoms with E-state index in [1.54, 1.807) is 0 Å². The fourth-order valence-electron chi connectivity index (χ4n) is 4.41. The SMILES string of the molecule is CN1C2CCC1CN(Cc1ccc3c(c1)CCCN3)CC2. The molecule has 3 aliphatic heterocycles. The molecule has 3 heterocycles. The van der Waals surface area contributed by atoms with E-state index in [1.165, 1.54) is 62.0 Å². The minimum Gasteiger partial charge on any atom is -0.385 e. The molecule has 4 rings (SSSR count). The number of hydrogen-bond acceptors (Lipinski definition) is 3. The van der Waals surface area contributed by atoms with Gasteiger partial charge in [-0.2, -0.15) is 0 Å². The van der Waals surface area contributed by atoms with Crippen molar-refractivity contribution in [2.75, 3.05) is 32.0 Å². The number of hydrogen-bond donors (Lipinski definition) is 1. The van der Waals surface area contributed by atoms with Crippen LogP contribution in [0.2, 0.25) is 0 Å². The van der Waals surface area contributed by atoms with Crippen LogP contribution in [0.3, 0.4) is 0 Å². The van der Waals surface area contributed by atoms with Gasteiger partial charge in [-0.05, 0) is 56.3 Å². The van der Waals surface area contributed by atoms with Crippen molar-refractivity contribution >= 4 is 5.69 Å². The van der Waals surface area contributed by atoms with E-state index in [4.69, 9.17) is 0 Å². The number of nitrogens with one attached hydrogen (secondary N) is 1. The van der Waals surface area contributed by atoms with Gasteiger partial charge in [-0.3, -0.25) is 9.80 Å². The molecule has 0 spiro atoms. The summed E-state index contributed by atoms with van der Waals surface area (Å²) in [6.45, 7) is 4.78. The predicted octanol–water partition coefficient (Wildman–Crippen LogP) is 2.71. The monoisotopic (exact) mass is 285 g/mol. The maximum absolute atomic E-state index is 3.51. The number of likely N-dealkylation sites (tertiary alicyclic amines) is 1. The first kappa shape index (κ1) is 13.6. The van der Waals surface area contributed by atoms with E-state index in [0.717, 1.165) is 25.2 Å². The summed E-state index contributed by atoms with van der Waals surface area (Å²) >= 11 is 0. The number of rotatable bonds is 2. The highest BCUT2D eigenvalue weighted by atomic mass is 15.3. The van der Waals surface area contributed by atoms with Crippen LogP contribution in [0.25, 0.3) is 0 Å². The van der Waals surface area contributed by atoms with Gasteiger partial charge in [0.15, 0.2) is 0 Å². The minimum atomic E-state index is 0.789. The van der Waals surface area contributed by atoms with Crippen molar-refractivity contribution in [1.29, 1.82) is 0 Å². The molecule has 3 nitrogen and oxygen atoms in total. The Bertz CT molecular complexity index is 513. The van der Waals surface area contributed by atoms with Crippen LogP contribution >= 0.6 is 0 Å². The Morgan fingerprint density at radius 1 is 1.19 bits per heavy atom. The molecule has 21 heavy (non-hydrogen) atoms. The van der Waals surface area contributed by atoms with Gasteiger partial charge in [0.25, 0.3) is 0 Å². The third-order valence-electron chi connectivity index (χ3n) is 5.75. The molecular formula is C18H27N3. The Balaban J connectivity index is 1.46. The number of fused-ring (bicyclic) bond motifs is 3. The van der Waals surface area contributed by atoms with Crippen molar-refractivity contribution in [3.8, 4) is 0 Å². The summed E-state index contributed by atoms with van der Waals surface area (Å²) in [6, 6.07) is 8.68. The van der Waals surface area contributed by atoms with Crippen LogP contribution in [-0.4, -0.2) is 48.6 Å². The second-order valence-corrected chi connectivity index (χ2v) is 7.10. The van der Waals surface area contributed by atoms with E-state index >= 15 is 0 Å². The molecule has 2 atom stereocenters. The molecule has 0 saturated carbocycles. The van der Waals surface area contributed by atoms with Gasteiger partial charge in [0, 0.05) is 44.0 Å². The fourth-order valence-corrected chi connectivity index (χ4v) is 4.41. The molecule has 0 radical (unpaired) electrons. The van der Waals surface area contributed by atoms with Crippen LogP contribution in [0.1, 0.15) is 36.8 Å². The summed E-state index contributed by atoms with van der Waals surface area (Å²) in [4.78, 5) is 5.31. The standard InChI is InChI=1S/C18H27N3/c1-20-16-5-6-17(20)13-21(10-8-16)12-14-4-7-18-15(11-14)3-2-9-19-18/h4,7,11,16-17,19H,2-3,5-6,8-10,12-13H2,1H3. The summed E-state index contributed by atoms with van der Waals surface area (Å²) in [7, 11) is 2.33. The number of aryl methyl sites for hydroxylation is 1. The van der Waals surface area contributed by atoms with Crippen molar-refractivity contribution in [1.82, 2.24) is 9.80 Å². The fraction of sp³-hybridized carbons (Fsp3) is 0.667. The second-order valence-electron chi connectivity index (χ2n) is 7.10. The summed E-state index contributed by atoms with van der Waals surface area (Å²) in [5, 5.41) is 3.51. The third-order valence-corrected chi connectivity index (χ3v) is 5.75. The molecule has 2 saturated heterocycles. The average molecular weight is 285 g/mol. The number of benzene rings is 1. The van der Waals surface area contributed by atoms with Gasteiger partial charge in [0.1, 0.15) is 0 Å². The van der Waals surface area contributed by atoms with Crippen LogP contribution < -0.4 is 5.32 Å². The average Bonchev–Trinajstić information content (AvgIpc) is 2.75. The molecular weight excluding hydrogens is 258 g/mol. The molecule has 0 aliphatic carbocycles. The highest BCUT2D eigenvalue weighted by Crippen LogP contribution is 2.29. The highest BCUT2D eigenvalue weighted by Gasteiger charge is 2.34. The zero-order chi connectivity index (χ0) is 14.2. The van der Waals surface area contributed by atoms with Crippen molar-refractivity contribution in [2.24, 2.45) is 0 Å². The third kappa shape index (κ3) is 2.69. The first-order valence-electron chi connectivity index (χ1n) is 8.59. The van der Waals surface area contributed by atoms with Gasteiger partial charge in [-0.1, -0.05) is 12.1 Å². The summed E-state index contributed by atoms with van der Waals surface area (Å²) in [5.74, 6) is 0. The van der Waals surface area contributed by atoms with E-state index < -0.39 is 0 Å². The molecule has 1 aromatic carbocycles. The summed E-state index contributed by atoms with van der Waals surface area (Å²) in [6.07, 6.45) is 6.67. The molecule has 3 aliphatic rings. The molecule has 2 fully saturated rings. The molecule has 0 aromatic heterocycles. The highest BCUT2D eigenvalue weighted by molar-refractivity contribution is 5.54. The Labute approximate surface area is 128 Å². The first-order chi connectivity index (χ1) is 10.3. The largest absolute Gasteiger partial charge is 0.385 e. The maximum atomic E-state index is 3.51. The summed E-state index contributed by atoms with van der Waals surface area (Å²) in [5.41, 5.74) is 4.38. The molecule has 1 N–H and O–H groups in total. The van der Waals surface area contributed by atoms with Crippen LogP contribution in [0.5, 0.6) is 0 Å². The molecule has 114 valence electrons. The Hall–Kier alpha value is -1.06. The Morgan fingerprint density at radius 3 is 3.05 bits per heavy atom. The number of nitrogens with zero attached hydrogens (tertiary/aromatic N) is 2. The maximum Gasteiger partial charge on any atom is 0.0372 e. The molecule has 2 bridgehead atoms. The van der Waals surface area contributed by atoms with E-state index in [-0.39, 0.29) is 0 Å². The smallest absolute Gasteiger partial charge is 0.0372 e. The Morgan fingerprint density at radius 2 is 2.10 bits per heavy atom. The lowest BCUT2D eigenvalue weighted by atomic mass is 10.0. The number of anilines is 1. The van der Waals surface area contributed by atoms with E-state index in [0.29, 0.717) is 0 Å². The van der Waals surface area contributed by atoms with Gasteiger partial charge in [0.05, 0.1) is 0 Å². The molecule has 0 amide bonds. The van der Waals surface area contributed by atoms with Gasteiger partial charge in [-0.15, -0.1) is 0 Å². The lowest BCUT2D eigenvalue weighted by Crippen LogP contribution is -2.36. The van der Waals surface area contributed by atoms with Crippen LogP contribution in [0.4, 0.5) is 5.69 Å². The van der Waals surface area contributed by atoms with Crippen molar-refractivity contribution in [2.45, 2.75) is 50.7 Å². The van der Waals surface area contributed by atoms with E-state index in [1.807, 2.05) is 0 Å². The van der Waals surface area contributed by atoms with Crippen LogP contribution in [0.15, 0.2) is 18.2 Å². The first-order valence-corrected chi connectivity index (χ1v) is 8.59. The normalized spacial score (nSPS) is 29.8. The van der Waals surface area contributed by atoms with Crippen LogP contribution in [0, 0.1) is 0 Å². The zero-order valence-corrected chi connectivity index (χ0v) is 13.1. The molecule has 2 unspecified atom stereocenters. The second kappa shape index (κ2) is 5.62. The van der Waals surface area contributed by atoms with Crippen LogP contribution in [-0.2, 0) is 13.0 Å². The van der Waals surface area contributed by atoms with E-state index in [2.05, 4.69) is 40.4 Å². The lowest BCUT2D eigenvalue weighted by Gasteiger charge is -2.26. The predicted molar refractivity (Wildman–Crippen MR) is 87.7 cm³/mol. The van der Waals surface area contributed by atoms with E-state index in [9.17, 15) is 0 Å². The molecule has 1 aromatic rings. The molecule has 3 heteroatoms. The Kier molecular flexibility index (Phi) is 3.64. The number of likely N-dealkylation sites (N-methyl/N-ethyl adjacent to an activating group) is 1. The quantitative estimate of drug-likeness (QED) is 0.901.